The average molecular weight is 487 g/mol. The average Bonchev–Trinajstić information content (AvgIpc) is 2.83. The number of benzene rings is 3. The molecule has 0 atom stereocenters. The Kier molecular flexibility index (Phi) is 7.86. The highest BCUT2D eigenvalue weighted by Crippen LogP contribution is 2.27. The molecule has 9 heteroatoms. The molecule has 172 valence electrons. The molecule has 0 saturated carbocycles. The minimum Gasteiger partial charge on any atom is -0.495 e. The van der Waals surface area contributed by atoms with Gasteiger partial charge in [0.05, 0.1) is 12.8 Å². The maximum atomic E-state index is 13.0. The van der Waals surface area contributed by atoms with E-state index in [1.165, 1.54) is 37.4 Å². The molecule has 0 fully saturated rings. The van der Waals surface area contributed by atoms with E-state index in [1.807, 2.05) is 6.92 Å². The maximum Gasteiger partial charge on any atom is 0.255 e. The molecule has 3 rings (SSSR count). The van der Waals surface area contributed by atoms with Gasteiger partial charge >= 0.3 is 0 Å². The number of amides is 1. The maximum absolute atomic E-state index is 13.0. The van der Waals surface area contributed by atoms with E-state index in [-0.39, 0.29) is 39.8 Å². The molecule has 3 aromatic carbocycles. The van der Waals surface area contributed by atoms with Crippen LogP contribution in [-0.4, -0.2) is 33.8 Å². The van der Waals surface area contributed by atoms with Crippen LogP contribution in [-0.2, 0) is 10.0 Å². The number of halogens is 1. The van der Waals surface area contributed by atoms with Gasteiger partial charge in [-0.2, -0.15) is 0 Å². The summed E-state index contributed by atoms with van der Waals surface area (Å²) in [7, 11) is -2.53. The number of hydrogen-bond donors (Lipinski definition) is 2. The fourth-order valence-corrected chi connectivity index (χ4v) is 4.59. The Morgan fingerprint density at radius 2 is 1.70 bits per heavy atom. The van der Waals surface area contributed by atoms with Crippen LogP contribution in [0.4, 0.5) is 5.69 Å². The molecule has 33 heavy (non-hydrogen) atoms. The molecule has 0 radical (unpaired) electrons. The van der Waals surface area contributed by atoms with Crippen molar-refractivity contribution >= 4 is 39.0 Å². The van der Waals surface area contributed by atoms with E-state index >= 15 is 0 Å². The van der Waals surface area contributed by atoms with Crippen molar-refractivity contribution in [3.63, 3.8) is 0 Å². The van der Waals surface area contributed by atoms with Crippen molar-refractivity contribution in [2.75, 3.05) is 19.0 Å². The van der Waals surface area contributed by atoms with Crippen molar-refractivity contribution in [2.24, 2.45) is 0 Å². The number of nitrogens with one attached hydrogen (secondary N) is 2. The van der Waals surface area contributed by atoms with E-state index < -0.39 is 15.9 Å². The van der Waals surface area contributed by atoms with Gasteiger partial charge in [0, 0.05) is 28.3 Å². The molecule has 0 aliphatic heterocycles. The highest BCUT2D eigenvalue weighted by Gasteiger charge is 2.22. The standard InChI is InChI=1S/C24H23ClN2O5S/c1-3-13-26-33(30,31)22-14-17(9-12-21(22)32-2)24(29)27-20-11-10-18(25)15-19(20)23(28)16-7-5-4-6-8-16/h4-12,14-15,26H,3,13H2,1-2H3,(H,27,29). The molecule has 1 amide bonds. The minimum absolute atomic E-state index is 0.0840. The van der Waals surface area contributed by atoms with Crippen LogP contribution in [0.5, 0.6) is 5.75 Å². The fourth-order valence-electron chi connectivity index (χ4n) is 3.09. The molecule has 0 aliphatic carbocycles. The van der Waals surface area contributed by atoms with Gasteiger partial charge in [-0.05, 0) is 42.8 Å². The van der Waals surface area contributed by atoms with Gasteiger partial charge in [-0.25, -0.2) is 13.1 Å². The van der Waals surface area contributed by atoms with E-state index in [9.17, 15) is 18.0 Å². The first-order valence-electron chi connectivity index (χ1n) is 10.1. The monoisotopic (exact) mass is 486 g/mol. The zero-order valence-electron chi connectivity index (χ0n) is 18.1. The summed E-state index contributed by atoms with van der Waals surface area (Å²) in [5, 5.41) is 3.03. The number of rotatable bonds is 9. The molecular weight excluding hydrogens is 464 g/mol. The Labute approximate surface area is 197 Å². The van der Waals surface area contributed by atoms with Crippen LogP contribution in [0.3, 0.4) is 0 Å². The molecule has 3 aromatic rings. The van der Waals surface area contributed by atoms with Crippen molar-refractivity contribution in [1.29, 1.82) is 0 Å². The second-order valence-corrected chi connectivity index (χ2v) is 9.27. The molecule has 0 unspecified atom stereocenters. The first-order chi connectivity index (χ1) is 15.8. The van der Waals surface area contributed by atoms with Gasteiger partial charge in [-0.3, -0.25) is 9.59 Å². The number of ketones is 1. The molecule has 0 bridgehead atoms. The summed E-state index contributed by atoms with van der Waals surface area (Å²) in [6, 6.07) is 17.3. The largest absolute Gasteiger partial charge is 0.495 e. The van der Waals surface area contributed by atoms with Crippen LogP contribution in [0.1, 0.15) is 39.6 Å². The Hall–Kier alpha value is -3.20. The summed E-state index contributed by atoms with van der Waals surface area (Å²) >= 11 is 6.10. The van der Waals surface area contributed by atoms with E-state index in [2.05, 4.69) is 10.0 Å². The predicted molar refractivity (Wildman–Crippen MR) is 128 cm³/mol. The lowest BCUT2D eigenvalue weighted by Gasteiger charge is -2.14. The number of hydrogen-bond acceptors (Lipinski definition) is 5. The van der Waals surface area contributed by atoms with Crippen molar-refractivity contribution in [2.45, 2.75) is 18.2 Å². The molecule has 0 aliphatic rings. The van der Waals surface area contributed by atoms with Crippen LogP contribution in [0.2, 0.25) is 5.02 Å². The van der Waals surface area contributed by atoms with E-state index in [1.54, 1.807) is 36.4 Å². The van der Waals surface area contributed by atoms with Gasteiger partial charge in [-0.1, -0.05) is 48.9 Å². The lowest BCUT2D eigenvalue weighted by atomic mass is 10.0. The van der Waals surface area contributed by atoms with Gasteiger partial charge in [-0.15, -0.1) is 0 Å². The number of methoxy groups -OCH3 is 1. The third-order valence-corrected chi connectivity index (χ3v) is 6.49. The Balaban J connectivity index is 1.95. The fraction of sp³-hybridized carbons (Fsp3) is 0.167. The van der Waals surface area contributed by atoms with Gasteiger partial charge in [0.2, 0.25) is 10.0 Å². The summed E-state index contributed by atoms with van der Waals surface area (Å²) in [5.74, 6) is -0.786. The molecular formula is C24H23ClN2O5S. The topological polar surface area (TPSA) is 102 Å². The van der Waals surface area contributed by atoms with Gasteiger partial charge in [0.25, 0.3) is 5.91 Å². The number of carbonyl (C=O) groups excluding carboxylic acids is 2. The minimum atomic E-state index is -3.88. The first kappa shape index (κ1) is 24.4. The summed E-state index contributed by atoms with van der Waals surface area (Å²) in [6.07, 6.45) is 0.608. The van der Waals surface area contributed by atoms with E-state index in [0.29, 0.717) is 17.0 Å². The van der Waals surface area contributed by atoms with Crippen molar-refractivity contribution in [1.82, 2.24) is 4.72 Å². The van der Waals surface area contributed by atoms with Gasteiger partial charge in [0.1, 0.15) is 10.6 Å². The number of sulfonamides is 1. The summed E-state index contributed by atoms with van der Waals surface area (Å²) in [6.45, 7) is 2.09. The number of anilines is 1. The van der Waals surface area contributed by atoms with Crippen molar-refractivity contribution < 1.29 is 22.7 Å². The number of carbonyl (C=O) groups is 2. The van der Waals surface area contributed by atoms with Crippen LogP contribution in [0, 0.1) is 0 Å². The molecule has 0 spiro atoms. The third kappa shape index (κ3) is 5.78. The lowest BCUT2D eigenvalue weighted by molar-refractivity contribution is 0.102. The van der Waals surface area contributed by atoms with Gasteiger partial charge in [0.15, 0.2) is 5.78 Å². The smallest absolute Gasteiger partial charge is 0.255 e. The second-order valence-electron chi connectivity index (χ2n) is 7.10. The Bertz CT molecular complexity index is 1280. The normalized spacial score (nSPS) is 11.1. The summed E-state index contributed by atoms with van der Waals surface area (Å²) in [5.41, 5.74) is 0.992. The highest BCUT2D eigenvalue weighted by atomic mass is 35.5. The van der Waals surface area contributed by atoms with Crippen LogP contribution < -0.4 is 14.8 Å². The van der Waals surface area contributed by atoms with Gasteiger partial charge < -0.3 is 10.1 Å². The number of ether oxygens (including phenoxy) is 1. The molecule has 7 nitrogen and oxygen atoms in total. The summed E-state index contributed by atoms with van der Waals surface area (Å²) < 4.78 is 33.0. The van der Waals surface area contributed by atoms with Crippen LogP contribution in [0.25, 0.3) is 0 Å². The van der Waals surface area contributed by atoms with Crippen molar-refractivity contribution in [3.8, 4) is 5.75 Å². The quantitative estimate of drug-likeness (QED) is 0.433. The molecule has 0 heterocycles. The zero-order valence-corrected chi connectivity index (χ0v) is 19.7. The zero-order chi connectivity index (χ0) is 24.0. The first-order valence-corrected chi connectivity index (χ1v) is 12.0. The SMILES string of the molecule is CCCNS(=O)(=O)c1cc(C(=O)Nc2ccc(Cl)cc2C(=O)c2ccccc2)ccc1OC. The van der Waals surface area contributed by atoms with Crippen molar-refractivity contribution in [3.05, 3.63) is 88.4 Å². The lowest BCUT2D eigenvalue weighted by Crippen LogP contribution is -2.25. The summed E-state index contributed by atoms with van der Waals surface area (Å²) in [4.78, 5) is 25.8. The molecule has 0 aromatic heterocycles. The van der Waals surface area contributed by atoms with E-state index in [0.717, 1.165) is 0 Å². The molecule has 2 N–H and O–H groups in total. The third-order valence-electron chi connectivity index (χ3n) is 4.77. The second kappa shape index (κ2) is 10.6. The van der Waals surface area contributed by atoms with Crippen LogP contribution in [0.15, 0.2) is 71.6 Å². The van der Waals surface area contributed by atoms with Crippen LogP contribution >= 0.6 is 11.6 Å². The van der Waals surface area contributed by atoms with E-state index in [4.69, 9.17) is 16.3 Å². The predicted octanol–water partition coefficient (Wildman–Crippen LogP) is 4.52. The Morgan fingerprint density at radius 1 is 0.970 bits per heavy atom. The molecule has 0 saturated heterocycles. The Morgan fingerprint density at radius 3 is 2.36 bits per heavy atom. The highest BCUT2D eigenvalue weighted by molar-refractivity contribution is 7.89.